The second-order valence-corrected chi connectivity index (χ2v) is 4.49. The molecule has 0 aromatic heterocycles. The van der Waals surface area contributed by atoms with Gasteiger partial charge in [0.25, 0.3) is 0 Å². The molecule has 1 aliphatic heterocycles. The van der Waals surface area contributed by atoms with Crippen molar-refractivity contribution in [2.45, 2.75) is 25.4 Å². The van der Waals surface area contributed by atoms with Gasteiger partial charge in [-0.15, -0.1) is 6.58 Å². The molecule has 2 rings (SSSR count). The maximum Gasteiger partial charge on any atom is 0.0543 e. The molecule has 0 aromatic rings. The summed E-state index contributed by atoms with van der Waals surface area (Å²) in [6.07, 6.45) is 5.22. The van der Waals surface area contributed by atoms with E-state index in [1.807, 2.05) is 6.08 Å². The average Bonchev–Trinajstić information content (AvgIpc) is 2.46. The Morgan fingerprint density at radius 3 is 2.85 bits per heavy atom. The largest absolute Gasteiger partial charge is 0.393 e. The van der Waals surface area contributed by atoms with Gasteiger partial charge in [0.15, 0.2) is 0 Å². The average molecular weight is 181 g/mol. The summed E-state index contributed by atoms with van der Waals surface area (Å²) in [5.74, 6) is 1.60. The summed E-state index contributed by atoms with van der Waals surface area (Å²) < 4.78 is 0. The normalized spacial score (nSPS) is 40.2. The minimum Gasteiger partial charge on any atom is -0.393 e. The number of fused-ring (bicyclic) bond motifs is 1. The second-order valence-electron chi connectivity index (χ2n) is 4.49. The molecule has 1 aliphatic carbocycles. The summed E-state index contributed by atoms with van der Waals surface area (Å²) in [6.45, 7) is 7.18. The van der Waals surface area contributed by atoms with E-state index in [2.05, 4.69) is 11.5 Å². The molecule has 0 amide bonds. The van der Waals surface area contributed by atoms with Crippen LogP contribution in [0, 0.1) is 11.8 Å². The fraction of sp³-hybridized carbons (Fsp3) is 0.818. The van der Waals surface area contributed by atoms with Crippen LogP contribution < -0.4 is 0 Å². The summed E-state index contributed by atoms with van der Waals surface area (Å²) in [6, 6.07) is 0. The van der Waals surface area contributed by atoms with Gasteiger partial charge in [0.05, 0.1) is 6.10 Å². The highest BCUT2D eigenvalue weighted by Gasteiger charge is 2.36. The molecule has 3 atom stereocenters. The number of hydrogen-bond donors (Lipinski definition) is 1. The molecule has 2 nitrogen and oxygen atoms in total. The summed E-state index contributed by atoms with van der Waals surface area (Å²) >= 11 is 0. The first kappa shape index (κ1) is 9.22. The van der Waals surface area contributed by atoms with Crippen LogP contribution in [0.1, 0.15) is 19.3 Å². The molecule has 74 valence electrons. The van der Waals surface area contributed by atoms with Gasteiger partial charge in [0.2, 0.25) is 0 Å². The lowest BCUT2D eigenvalue weighted by Gasteiger charge is -2.27. The van der Waals surface area contributed by atoms with Crippen LogP contribution in [0.2, 0.25) is 0 Å². The highest BCUT2D eigenvalue weighted by molar-refractivity contribution is 4.91. The van der Waals surface area contributed by atoms with Gasteiger partial charge in [-0.1, -0.05) is 6.08 Å². The van der Waals surface area contributed by atoms with Crippen molar-refractivity contribution >= 4 is 0 Å². The predicted octanol–water partition coefficient (Wildman–Crippen LogP) is 1.27. The van der Waals surface area contributed by atoms with Crippen LogP contribution in [0.5, 0.6) is 0 Å². The van der Waals surface area contributed by atoms with Crippen molar-refractivity contribution in [3.05, 3.63) is 12.7 Å². The van der Waals surface area contributed by atoms with Gasteiger partial charge >= 0.3 is 0 Å². The van der Waals surface area contributed by atoms with Gasteiger partial charge < -0.3 is 5.11 Å². The van der Waals surface area contributed by atoms with Gasteiger partial charge in [-0.25, -0.2) is 0 Å². The monoisotopic (exact) mass is 181 g/mol. The lowest BCUT2D eigenvalue weighted by atomic mass is 9.80. The molecule has 0 radical (unpaired) electrons. The van der Waals surface area contributed by atoms with E-state index in [9.17, 15) is 5.11 Å². The van der Waals surface area contributed by atoms with E-state index in [1.54, 1.807) is 0 Å². The van der Waals surface area contributed by atoms with Gasteiger partial charge in [0, 0.05) is 19.6 Å². The Morgan fingerprint density at radius 1 is 1.31 bits per heavy atom. The number of likely N-dealkylation sites (tertiary alicyclic amines) is 1. The highest BCUT2D eigenvalue weighted by atomic mass is 16.3. The van der Waals surface area contributed by atoms with Crippen molar-refractivity contribution in [3.63, 3.8) is 0 Å². The molecule has 2 aliphatic rings. The zero-order chi connectivity index (χ0) is 9.26. The maximum absolute atomic E-state index is 9.53. The standard InChI is InChI=1S/C11H19NO/c1-2-5-12-7-9-3-4-11(13)6-10(9)8-12/h2,9-11,13H,1,3-8H2. The van der Waals surface area contributed by atoms with E-state index < -0.39 is 0 Å². The Balaban J connectivity index is 1.90. The number of aliphatic hydroxyl groups is 1. The quantitative estimate of drug-likeness (QED) is 0.648. The molecule has 1 heterocycles. The van der Waals surface area contributed by atoms with Crippen LogP contribution in [0.15, 0.2) is 12.7 Å². The third-order valence-electron chi connectivity index (χ3n) is 3.48. The molecule has 1 saturated heterocycles. The van der Waals surface area contributed by atoms with Crippen LogP contribution in [0.3, 0.4) is 0 Å². The number of aliphatic hydroxyl groups excluding tert-OH is 1. The van der Waals surface area contributed by atoms with E-state index in [4.69, 9.17) is 0 Å². The van der Waals surface area contributed by atoms with E-state index in [0.29, 0.717) is 0 Å². The van der Waals surface area contributed by atoms with Crippen molar-refractivity contribution in [2.24, 2.45) is 11.8 Å². The van der Waals surface area contributed by atoms with Crippen LogP contribution in [-0.2, 0) is 0 Å². The second kappa shape index (κ2) is 3.81. The Kier molecular flexibility index (Phi) is 2.70. The third kappa shape index (κ3) is 1.94. The first-order valence-electron chi connectivity index (χ1n) is 5.31. The Labute approximate surface area is 80.2 Å². The first-order valence-corrected chi connectivity index (χ1v) is 5.31. The summed E-state index contributed by atoms with van der Waals surface area (Å²) in [4.78, 5) is 2.46. The number of rotatable bonds is 2. The smallest absolute Gasteiger partial charge is 0.0543 e. The minimum absolute atomic E-state index is 0.0232. The number of hydrogen-bond acceptors (Lipinski definition) is 2. The summed E-state index contributed by atoms with van der Waals surface area (Å²) in [5.41, 5.74) is 0. The topological polar surface area (TPSA) is 23.5 Å². The fourth-order valence-corrected chi connectivity index (χ4v) is 2.84. The summed E-state index contributed by atoms with van der Waals surface area (Å²) in [7, 11) is 0. The zero-order valence-electron chi connectivity index (χ0n) is 8.15. The molecule has 2 heteroatoms. The van der Waals surface area contributed by atoms with Gasteiger partial charge in [-0.05, 0) is 31.1 Å². The highest BCUT2D eigenvalue weighted by Crippen LogP contribution is 2.35. The number of nitrogens with zero attached hydrogens (tertiary/aromatic N) is 1. The molecule has 13 heavy (non-hydrogen) atoms. The molecule has 2 fully saturated rings. The first-order chi connectivity index (χ1) is 6.29. The molecular weight excluding hydrogens is 162 g/mol. The Hall–Kier alpha value is -0.340. The lowest BCUT2D eigenvalue weighted by Crippen LogP contribution is -2.26. The third-order valence-corrected chi connectivity index (χ3v) is 3.48. The molecular formula is C11H19NO. The molecule has 0 aromatic carbocycles. The molecule has 1 saturated carbocycles. The SMILES string of the molecule is C=CCN1CC2CCC(O)CC2C1. The van der Waals surface area contributed by atoms with Gasteiger partial charge in [-0.3, -0.25) is 4.90 Å². The molecule has 0 bridgehead atoms. The van der Waals surface area contributed by atoms with Crippen molar-refractivity contribution in [1.82, 2.24) is 4.90 Å². The van der Waals surface area contributed by atoms with Gasteiger partial charge in [-0.2, -0.15) is 0 Å². The fourth-order valence-electron chi connectivity index (χ4n) is 2.84. The predicted molar refractivity (Wildman–Crippen MR) is 53.5 cm³/mol. The van der Waals surface area contributed by atoms with Crippen molar-refractivity contribution in [1.29, 1.82) is 0 Å². The Morgan fingerprint density at radius 2 is 2.08 bits per heavy atom. The molecule has 1 N–H and O–H groups in total. The molecule has 3 unspecified atom stereocenters. The van der Waals surface area contributed by atoms with Crippen LogP contribution in [-0.4, -0.2) is 35.7 Å². The zero-order valence-corrected chi connectivity index (χ0v) is 8.15. The van der Waals surface area contributed by atoms with Crippen LogP contribution >= 0.6 is 0 Å². The Bertz CT molecular complexity index is 193. The van der Waals surface area contributed by atoms with Crippen molar-refractivity contribution in [2.75, 3.05) is 19.6 Å². The molecule has 0 spiro atoms. The van der Waals surface area contributed by atoms with Crippen molar-refractivity contribution < 1.29 is 5.11 Å². The summed E-state index contributed by atoms with van der Waals surface area (Å²) in [5, 5.41) is 9.53. The van der Waals surface area contributed by atoms with Crippen molar-refractivity contribution in [3.8, 4) is 0 Å². The van der Waals surface area contributed by atoms with Crippen LogP contribution in [0.25, 0.3) is 0 Å². The van der Waals surface area contributed by atoms with E-state index in [-0.39, 0.29) is 6.10 Å². The van der Waals surface area contributed by atoms with Crippen LogP contribution in [0.4, 0.5) is 0 Å². The van der Waals surface area contributed by atoms with Gasteiger partial charge in [0.1, 0.15) is 0 Å². The van der Waals surface area contributed by atoms with E-state index in [0.717, 1.165) is 31.2 Å². The lowest BCUT2D eigenvalue weighted by molar-refractivity contribution is 0.0866. The maximum atomic E-state index is 9.53. The van der Waals surface area contributed by atoms with E-state index in [1.165, 1.54) is 19.5 Å². The van der Waals surface area contributed by atoms with E-state index >= 15 is 0 Å². The minimum atomic E-state index is -0.0232.